The SMILES string of the molecule is CCC1CCCCN1CC(COC)NC. The van der Waals surface area contributed by atoms with E-state index in [0.29, 0.717) is 6.04 Å². The van der Waals surface area contributed by atoms with Gasteiger partial charge in [0.15, 0.2) is 0 Å². The van der Waals surface area contributed by atoms with Crippen molar-refractivity contribution in [1.82, 2.24) is 10.2 Å². The fraction of sp³-hybridized carbons (Fsp3) is 1.00. The van der Waals surface area contributed by atoms with Gasteiger partial charge < -0.3 is 10.1 Å². The van der Waals surface area contributed by atoms with Crippen LogP contribution in [0.1, 0.15) is 32.6 Å². The molecular weight excluding hydrogens is 188 g/mol. The highest BCUT2D eigenvalue weighted by Crippen LogP contribution is 2.19. The summed E-state index contributed by atoms with van der Waals surface area (Å²) in [5.41, 5.74) is 0. The third-order valence-electron chi connectivity index (χ3n) is 3.45. The van der Waals surface area contributed by atoms with Crippen LogP contribution in [-0.2, 0) is 4.74 Å². The first kappa shape index (κ1) is 12.9. The van der Waals surface area contributed by atoms with Crippen LogP contribution < -0.4 is 5.32 Å². The number of hydrogen-bond acceptors (Lipinski definition) is 3. The van der Waals surface area contributed by atoms with Gasteiger partial charge in [-0.25, -0.2) is 0 Å². The van der Waals surface area contributed by atoms with Gasteiger partial charge in [0.2, 0.25) is 0 Å². The van der Waals surface area contributed by atoms with Gasteiger partial charge in [0.25, 0.3) is 0 Å². The number of likely N-dealkylation sites (N-methyl/N-ethyl adjacent to an activating group) is 1. The highest BCUT2D eigenvalue weighted by Gasteiger charge is 2.22. The summed E-state index contributed by atoms with van der Waals surface area (Å²) in [5, 5.41) is 3.33. The lowest BCUT2D eigenvalue weighted by Gasteiger charge is -2.37. The zero-order valence-corrected chi connectivity index (χ0v) is 10.5. The van der Waals surface area contributed by atoms with Crippen molar-refractivity contribution < 1.29 is 4.74 Å². The third kappa shape index (κ3) is 4.09. The molecule has 0 spiro atoms. The molecule has 90 valence electrons. The molecule has 1 rings (SSSR count). The summed E-state index contributed by atoms with van der Waals surface area (Å²) in [6.45, 7) is 5.50. The molecule has 1 aliphatic rings. The van der Waals surface area contributed by atoms with E-state index in [1.807, 2.05) is 7.05 Å². The molecule has 0 aromatic carbocycles. The molecule has 1 saturated heterocycles. The van der Waals surface area contributed by atoms with E-state index in [-0.39, 0.29) is 0 Å². The molecule has 3 nitrogen and oxygen atoms in total. The maximum absolute atomic E-state index is 5.22. The molecule has 0 bridgehead atoms. The molecule has 0 saturated carbocycles. The second kappa shape index (κ2) is 7.20. The van der Waals surface area contributed by atoms with Crippen molar-refractivity contribution in [3.63, 3.8) is 0 Å². The first-order valence-corrected chi connectivity index (χ1v) is 6.22. The smallest absolute Gasteiger partial charge is 0.0628 e. The van der Waals surface area contributed by atoms with Gasteiger partial charge in [0.1, 0.15) is 0 Å². The molecule has 0 amide bonds. The van der Waals surface area contributed by atoms with E-state index < -0.39 is 0 Å². The van der Waals surface area contributed by atoms with Crippen LogP contribution in [0.3, 0.4) is 0 Å². The minimum absolute atomic E-state index is 0.474. The van der Waals surface area contributed by atoms with E-state index in [0.717, 1.165) is 19.2 Å². The molecular formula is C12H26N2O. The van der Waals surface area contributed by atoms with Gasteiger partial charge in [-0.3, -0.25) is 4.90 Å². The largest absolute Gasteiger partial charge is 0.383 e. The summed E-state index contributed by atoms with van der Waals surface area (Å²) in [5.74, 6) is 0. The van der Waals surface area contributed by atoms with Crippen molar-refractivity contribution in [1.29, 1.82) is 0 Å². The first-order chi connectivity index (χ1) is 7.31. The Balaban J connectivity index is 2.38. The molecule has 1 N–H and O–H groups in total. The summed E-state index contributed by atoms with van der Waals surface area (Å²) >= 11 is 0. The van der Waals surface area contributed by atoms with Gasteiger partial charge in [0.05, 0.1) is 6.61 Å². The van der Waals surface area contributed by atoms with Gasteiger partial charge in [-0.1, -0.05) is 13.3 Å². The number of ether oxygens (including phenoxy) is 1. The monoisotopic (exact) mass is 214 g/mol. The van der Waals surface area contributed by atoms with Crippen molar-refractivity contribution in [2.75, 3.05) is 33.9 Å². The standard InChI is InChI=1S/C12H26N2O/c1-4-12-7-5-6-8-14(12)9-11(13-2)10-15-3/h11-13H,4-10H2,1-3H3. The maximum atomic E-state index is 5.22. The number of rotatable bonds is 6. The van der Waals surface area contributed by atoms with Crippen LogP contribution in [0.25, 0.3) is 0 Å². The predicted molar refractivity (Wildman–Crippen MR) is 64.2 cm³/mol. The second-order valence-electron chi connectivity index (χ2n) is 4.49. The molecule has 0 radical (unpaired) electrons. The second-order valence-corrected chi connectivity index (χ2v) is 4.49. The van der Waals surface area contributed by atoms with Crippen molar-refractivity contribution in [2.45, 2.75) is 44.7 Å². The predicted octanol–water partition coefficient (Wildman–Crippen LogP) is 1.49. The number of nitrogens with zero attached hydrogens (tertiary/aromatic N) is 1. The van der Waals surface area contributed by atoms with E-state index in [9.17, 15) is 0 Å². The summed E-state index contributed by atoms with van der Waals surface area (Å²) in [6.07, 6.45) is 5.42. The topological polar surface area (TPSA) is 24.5 Å². The average Bonchev–Trinajstić information content (AvgIpc) is 2.29. The van der Waals surface area contributed by atoms with Crippen LogP contribution in [0.4, 0.5) is 0 Å². The molecule has 0 aromatic heterocycles. The lowest BCUT2D eigenvalue weighted by molar-refractivity contribution is 0.0980. The number of likely N-dealkylation sites (tertiary alicyclic amines) is 1. The summed E-state index contributed by atoms with van der Waals surface area (Å²) in [7, 11) is 3.80. The first-order valence-electron chi connectivity index (χ1n) is 6.22. The average molecular weight is 214 g/mol. The van der Waals surface area contributed by atoms with Gasteiger partial charge in [-0.15, -0.1) is 0 Å². The van der Waals surface area contributed by atoms with Gasteiger partial charge in [-0.2, -0.15) is 0 Å². The molecule has 3 heteroatoms. The molecule has 0 aromatic rings. The Morgan fingerprint density at radius 2 is 2.27 bits per heavy atom. The number of methoxy groups -OCH3 is 1. The van der Waals surface area contributed by atoms with E-state index in [1.165, 1.54) is 32.2 Å². The third-order valence-corrected chi connectivity index (χ3v) is 3.45. The van der Waals surface area contributed by atoms with Gasteiger partial charge in [-0.05, 0) is 32.9 Å². The summed E-state index contributed by atoms with van der Waals surface area (Å²) in [4.78, 5) is 2.63. The lowest BCUT2D eigenvalue weighted by Crippen LogP contribution is -2.48. The molecule has 2 atom stereocenters. The van der Waals surface area contributed by atoms with Crippen LogP contribution in [0, 0.1) is 0 Å². The van der Waals surface area contributed by atoms with E-state index >= 15 is 0 Å². The molecule has 1 aliphatic heterocycles. The summed E-state index contributed by atoms with van der Waals surface area (Å²) < 4.78 is 5.22. The molecule has 1 heterocycles. The Labute approximate surface area is 94.2 Å². The quantitative estimate of drug-likeness (QED) is 0.725. The van der Waals surface area contributed by atoms with Crippen LogP contribution >= 0.6 is 0 Å². The lowest BCUT2D eigenvalue weighted by atomic mass is 9.99. The van der Waals surface area contributed by atoms with Crippen molar-refractivity contribution in [3.8, 4) is 0 Å². The highest BCUT2D eigenvalue weighted by atomic mass is 16.5. The number of hydrogen-bond donors (Lipinski definition) is 1. The van der Waals surface area contributed by atoms with Crippen molar-refractivity contribution >= 4 is 0 Å². The maximum Gasteiger partial charge on any atom is 0.0628 e. The molecule has 0 aliphatic carbocycles. The van der Waals surface area contributed by atoms with E-state index in [4.69, 9.17) is 4.74 Å². The fourth-order valence-electron chi connectivity index (χ4n) is 2.47. The van der Waals surface area contributed by atoms with Crippen LogP contribution in [0.2, 0.25) is 0 Å². The van der Waals surface area contributed by atoms with E-state index in [1.54, 1.807) is 7.11 Å². The fourth-order valence-corrected chi connectivity index (χ4v) is 2.47. The zero-order valence-electron chi connectivity index (χ0n) is 10.5. The number of nitrogens with one attached hydrogen (secondary N) is 1. The van der Waals surface area contributed by atoms with Gasteiger partial charge >= 0.3 is 0 Å². The van der Waals surface area contributed by atoms with Crippen LogP contribution in [0.15, 0.2) is 0 Å². The Morgan fingerprint density at radius 3 is 2.87 bits per heavy atom. The van der Waals surface area contributed by atoms with Crippen molar-refractivity contribution in [3.05, 3.63) is 0 Å². The number of piperidine rings is 1. The Hall–Kier alpha value is -0.120. The van der Waals surface area contributed by atoms with Crippen LogP contribution in [-0.4, -0.2) is 50.8 Å². The zero-order chi connectivity index (χ0) is 11.1. The normalized spacial score (nSPS) is 25.4. The minimum atomic E-state index is 0.474. The molecule has 15 heavy (non-hydrogen) atoms. The highest BCUT2D eigenvalue weighted by molar-refractivity contribution is 4.79. The van der Waals surface area contributed by atoms with Crippen molar-refractivity contribution in [2.24, 2.45) is 0 Å². The Bertz CT molecular complexity index is 164. The Morgan fingerprint density at radius 1 is 1.47 bits per heavy atom. The Kier molecular flexibility index (Phi) is 6.22. The van der Waals surface area contributed by atoms with E-state index in [2.05, 4.69) is 17.1 Å². The minimum Gasteiger partial charge on any atom is -0.383 e. The molecule has 1 fully saturated rings. The molecule has 2 unspecified atom stereocenters. The van der Waals surface area contributed by atoms with Crippen LogP contribution in [0.5, 0.6) is 0 Å². The summed E-state index contributed by atoms with van der Waals surface area (Å²) in [6, 6.07) is 1.27. The van der Waals surface area contributed by atoms with Gasteiger partial charge in [0, 0.05) is 25.7 Å².